The predicted molar refractivity (Wildman–Crippen MR) is 93.3 cm³/mol. The summed E-state index contributed by atoms with van der Waals surface area (Å²) in [6.07, 6.45) is 8.43. The second-order valence-electron chi connectivity index (χ2n) is 7.10. The minimum atomic E-state index is -0.235. The van der Waals surface area contributed by atoms with Crippen molar-refractivity contribution in [3.05, 3.63) is 38.8 Å². The molecular weight excluding hydrogens is 304 g/mol. The lowest BCUT2D eigenvalue weighted by atomic mass is 9.93. The van der Waals surface area contributed by atoms with Gasteiger partial charge in [-0.05, 0) is 37.5 Å². The number of fused-ring (bicyclic) bond motifs is 3. The summed E-state index contributed by atoms with van der Waals surface area (Å²) < 4.78 is 3.01. The summed E-state index contributed by atoms with van der Waals surface area (Å²) in [5.41, 5.74) is 0.544. The van der Waals surface area contributed by atoms with Gasteiger partial charge in [-0.1, -0.05) is 26.0 Å². The van der Waals surface area contributed by atoms with Crippen LogP contribution in [-0.4, -0.2) is 19.1 Å². The van der Waals surface area contributed by atoms with E-state index in [1.807, 2.05) is 13.8 Å². The molecule has 6 heteroatoms. The summed E-state index contributed by atoms with van der Waals surface area (Å²) in [5, 5.41) is 0. The van der Waals surface area contributed by atoms with Crippen LogP contribution in [0.15, 0.2) is 21.7 Å². The zero-order valence-corrected chi connectivity index (χ0v) is 14.3. The lowest BCUT2D eigenvalue weighted by molar-refractivity contribution is 0.552. The molecule has 2 heterocycles. The van der Waals surface area contributed by atoms with Crippen molar-refractivity contribution in [1.29, 1.82) is 0 Å². The molecule has 4 rings (SSSR count). The second-order valence-corrected chi connectivity index (χ2v) is 7.10. The van der Waals surface area contributed by atoms with Crippen molar-refractivity contribution in [2.24, 2.45) is 11.8 Å². The van der Waals surface area contributed by atoms with Crippen molar-refractivity contribution >= 4 is 11.2 Å². The van der Waals surface area contributed by atoms with Crippen molar-refractivity contribution in [3.8, 4) is 0 Å². The van der Waals surface area contributed by atoms with Gasteiger partial charge in [0.2, 0.25) is 0 Å². The summed E-state index contributed by atoms with van der Waals surface area (Å²) >= 11 is 0. The molecule has 2 aliphatic carbocycles. The van der Waals surface area contributed by atoms with Gasteiger partial charge in [-0.3, -0.25) is 13.9 Å². The summed E-state index contributed by atoms with van der Waals surface area (Å²) in [6, 6.07) is 0. The summed E-state index contributed by atoms with van der Waals surface area (Å²) in [4.78, 5) is 33.4. The fourth-order valence-electron chi connectivity index (χ4n) is 4.30. The fourth-order valence-corrected chi connectivity index (χ4v) is 4.30. The Bertz CT molecular complexity index is 917. The van der Waals surface area contributed by atoms with Crippen LogP contribution in [0.25, 0.3) is 11.2 Å². The predicted octanol–water partition coefficient (Wildman–Crippen LogP) is 2.39. The van der Waals surface area contributed by atoms with Gasteiger partial charge in [-0.15, -0.1) is 0 Å². The Morgan fingerprint density at radius 2 is 1.88 bits per heavy atom. The van der Waals surface area contributed by atoms with E-state index in [2.05, 4.69) is 17.1 Å². The standard InChI is InChI=1S/C18H24N4O2/c1-3-7-21-16-14(17(23)22(8-4-2)18(21)24)19-15(20-16)13-10-11-5-6-12(13)9-11/h5-6,11-13H,3-4,7-10H2,1-2H3,(H,19,20)/t11-,12-,13+/m1/s1. The van der Waals surface area contributed by atoms with E-state index in [0.717, 1.165) is 25.1 Å². The van der Waals surface area contributed by atoms with E-state index in [1.54, 1.807) is 4.57 Å². The fraction of sp³-hybridized carbons (Fsp3) is 0.611. The maximum Gasteiger partial charge on any atom is 0.332 e. The number of nitrogens with zero attached hydrogens (tertiary/aromatic N) is 3. The van der Waals surface area contributed by atoms with Crippen LogP contribution < -0.4 is 11.2 Å². The van der Waals surface area contributed by atoms with E-state index >= 15 is 0 Å². The van der Waals surface area contributed by atoms with E-state index in [0.29, 0.717) is 42.0 Å². The van der Waals surface area contributed by atoms with Crippen LogP contribution >= 0.6 is 0 Å². The molecule has 128 valence electrons. The van der Waals surface area contributed by atoms with Crippen molar-refractivity contribution in [1.82, 2.24) is 19.1 Å². The Hall–Kier alpha value is -2.11. The number of H-pyrrole nitrogens is 1. The molecule has 2 aromatic rings. The highest BCUT2D eigenvalue weighted by Gasteiger charge is 2.38. The van der Waals surface area contributed by atoms with Crippen LogP contribution in [-0.2, 0) is 13.1 Å². The summed E-state index contributed by atoms with van der Waals surface area (Å²) in [7, 11) is 0. The van der Waals surface area contributed by atoms with Crippen molar-refractivity contribution in [3.63, 3.8) is 0 Å². The Kier molecular flexibility index (Phi) is 3.70. The molecule has 0 saturated heterocycles. The number of aromatic amines is 1. The molecule has 0 spiro atoms. The van der Waals surface area contributed by atoms with Crippen LogP contribution in [0.3, 0.4) is 0 Å². The molecular formula is C18H24N4O2. The Balaban J connectivity index is 1.90. The van der Waals surface area contributed by atoms with Gasteiger partial charge >= 0.3 is 5.69 Å². The molecule has 0 aliphatic heterocycles. The van der Waals surface area contributed by atoms with Crippen molar-refractivity contribution in [2.45, 2.75) is 58.5 Å². The average molecular weight is 328 g/mol. The van der Waals surface area contributed by atoms with Crippen molar-refractivity contribution in [2.75, 3.05) is 0 Å². The highest BCUT2D eigenvalue weighted by Crippen LogP contribution is 2.48. The summed E-state index contributed by atoms with van der Waals surface area (Å²) in [5.74, 6) is 2.37. The van der Waals surface area contributed by atoms with Crippen LogP contribution in [0.5, 0.6) is 0 Å². The first kappa shape index (κ1) is 15.4. The molecule has 0 aromatic carbocycles. The van der Waals surface area contributed by atoms with Crippen LogP contribution in [0.2, 0.25) is 0 Å². The molecule has 3 atom stereocenters. The molecule has 24 heavy (non-hydrogen) atoms. The Labute approximate surface area is 140 Å². The van der Waals surface area contributed by atoms with Gasteiger partial charge in [0.05, 0.1) is 0 Å². The molecule has 0 unspecified atom stereocenters. The normalized spacial score (nSPS) is 25.2. The number of rotatable bonds is 5. The lowest BCUT2D eigenvalue weighted by Gasteiger charge is -2.14. The highest BCUT2D eigenvalue weighted by atomic mass is 16.2. The van der Waals surface area contributed by atoms with Gasteiger partial charge in [0.25, 0.3) is 5.56 Å². The Morgan fingerprint density at radius 1 is 1.12 bits per heavy atom. The number of aromatic nitrogens is 4. The maximum absolute atomic E-state index is 12.7. The Morgan fingerprint density at radius 3 is 2.50 bits per heavy atom. The number of nitrogens with one attached hydrogen (secondary N) is 1. The maximum atomic E-state index is 12.7. The van der Waals surface area contributed by atoms with Gasteiger partial charge in [0, 0.05) is 19.0 Å². The first-order chi connectivity index (χ1) is 11.6. The molecule has 1 saturated carbocycles. The first-order valence-corrected chi connectivity index (χ1v) is 9.05. The van der Waals surface area contributed by atoms with Gasteiger partial charge in [0.15, 0.2) is 5.65 Å². The van der Waals surface area contributed by atoms with Gasteiger partial charge in [0.1, 0.15) is 11.3 Å². The molecule has 0 radical (unpaired) electrons. The highest BCUT2D eigenvalue weighted by molar-refractivity contribution is 5.70. The van der Waals surface area contributed by atoms with Crippen molar-refractivity contribution < 1.29 is 0 Å². The minimum absolute atomic E-state index is 0.234. The third-order valence-electron chi connectivity index (χ3n) is 5.40. The molecule has 0 amide bonds. The zero-order valence-electron chi connectivity index (χ0n) is 14.3. The van der Waals surface area contributed by atoms with Gasteiger partial charge in [-0.2, -0.15) is 0 Å². The molecule has 2 bridgehead atoms. The zero-order chi connectivity index (χ0) is 16.8. The largest absolute Gasteiger partial charge is 0.336 e. The number of aryl methyl sites for hydroxylation is 1. The quantitative estimate of drug-likeness (QED) is 0.857. The van der Waals surface area contributed by atoms with E-state index in [4.69, 9.17) is 4.98 Å². The average Bonchev–Trinajstić information content (AvgIpc) is 3.29. The van der Waals surface area contributed by atoms with E-state index < -0.39 is 0 Å². The van der Waals surface area contributed by atoms with E-state index in [9.17, 15) is 9.59 Å². The molecule has 1 N–H and O–H groups in total. The first-order valence-electron chi connectivity index (χ1n) is 9.05. The van der Waals surface area contributed by atoms with Crippen LogP contribution in [0.1, 0.15) is 51.3 Å². The third-order valence-corrected chi connectivity index (χ3v) is 5.40. The minimum Gasteiger partial charge on any atom is -0.336 e. The van der Waals surface area contributed by atoms with Gasteiger partial charge < -0.3 is 4.98 Å². The smallest absolute Gasteiger partial charge is 0.332 e. The number of hydrogen-bond acceptors (Lipinski definition) is 3. The molecule has 2 aromatic heterocycles. The lowest BCUT2D eigenvalue weighted by Crippen LogP contribution is -2.40. The molecule has 2 aliphatic rings. The SMILES string of the molecule is CCCn1c(=O)c2[nH]c([C@H]3C[C@@H]4C=C[C@@H]3C4)nc2n(CCC)c1=O. The monoisotopic (exact) mass is 328 g/mol. The van der Waals surface area contributed by atoms with Gasteiger partial charge in [-0.25, -0.2) is 9.78 Å². The topological polar surface area (TPSA) is 72.7 Å². The number of hydrogen-bond donors (Lipinski definition) is 1. The second kappa shape index (κ2) is 5.76. The molecule has 1 fully saturated rings. The van der Waals surface area contributed by atoms with Crippen LogP contribution in [0.4, 0.5) is 0 Å². The molecule has 6 nitrogen and oxygen atoms in total. The summed E-state index contributed by atoms with van der Waals surface area (Å²) in [6.45, 7) is 5.03. The van der Waals surface area contributed by atoms with Crippen LogP contribution in [0, 0.1) is 11.8 Å². The van der Waals surface area contributed by atoms with E-state index in [-0.39, 0.29) is 11.2 Å². The number of imidazole rings is 1. The number of allylic oxidation sites excluding steroid dienone is 2. The van der Waals surface area contributed by atoms with E-state index in [1.165, 1.54) is 11.0 Å². The third kappa shape index (κ3) is 2.19.